The molecule has 0 atom stereocenters. The van der Waals surface area contributed by atoms with Crippen molar-refractivity contribution in [2.45, 2.75) is 26.7 Å². The first kappa shape index (κ1) is 20.0. The highest BCUT2D eigenvalue weighted by atomic mass is 19.1. The Morgan fingerprint density at radius 2 is 1.96 bits per heavy atom. The van der Waals surface area contributed by atoms with Gasteiger partial charge in [0.15, 0.2) is 5.96 Å². The van der Waals surface area contributed by atoms with Crippen LogP contribution in [0.2, 0.25) is 0 Å². The number of anilines is 1. The fourth-order valence-corrected chi connectivity index (χ4v) is 2.93. The van der Waals surface area contributed by atoms with Crippen molar-refractivity contribution in [1.29, 1.82) is 0 Å². The summed E-state index contributed by atoms with van der Waals surface area (Å²) >= 11 is 0. The monoisotopic (exact) mass is 364 g/mol. The molecule has 0 radical (unpaired) electrons. The predicted octanol–water partition coefficient (Wildman–Crippen LogP) is 2.26. The van der Waals surface area contributed by atoms with Gasteiger partial charge in [0, 0.05) is 45.7 Å². The molecule has 1 fully saturated rings. The van der Waals surface area contributed by atoms with E-state index in [4.69, 9.17) is 4.74 Å². The lowest BCUT2D eigenvalue weighted by Gasteiger charge is -2.37. The van der Waals surface area contributed by atoms with Crippen LogP contribution in [0.4, 0.5) is 10.1 Å². The highest BCUT2D eigenvalue weighted by Crippen LogP contribution is 2.20. The summed E-state index contributed by atoms with van der Waals surface area (Å²) in [7, 11) is 0. The molecule has 144 valence electrons. The lowest BCUT2D eigenvalue weighted by Crippen LogP contribution is -2.52. The van der Waals surface area contributed by atoms with E-state index in [1.54, 1.807) is 13.0 Å². The Morgan fingerprint density at radius 1 is 1.23 bits per heavy atom. The van der Waals surface area contributed by atoms with Gasteiger partial charge in [0.1, 0.15) is 5.82 Å². The molecule has 2 rings (SSSR count). The van der Waals surface area contributed by atoms with E-state index in [0.717, 1.165) is 38.7 Å². The average molecular weight is 364 g/mol. The first-order valence-corrected chi connectivity index (χ1v) is 9.34. The van der Waals surface area contributed by atoms with Crippen molar-refractivity contribution in [3.05, 3.63) is 30.1 Å². The maximum absolute atomic E-state index is 13.9. The van der Waals surface area contributed by atoms with Crippen LogP contribution in [0.1, 0.15) is 26.7 Å². The molecule has 0 unspecified atom stereocenters. The number of halogens is 1. The smallest absolute Gasteiger partial charge is 0.305 e. The molecule has 1 saturated heterocycles. The number of guanidine groups is 1. The van der Waals surface area contributed by atoms with Gasteiger partial charge in [0.05, 0.1) is 12.3 Å². The number of piperazine rings is 1. The highest BCUT2D eigenvalue weighted by molar-refractivity contribution is 5.80. The second-order valence-corrected chi connectivity index (χ2v) is 6.07. The minimum atomic E-state index is -0.180. The SMILES string of the molecule is CCNC(=NCCCC(=O)OCC)N1CCN(c2ccccc2F)CC1. The highest BCUT2D eigenvalue weighted by Gasteiger charge is 2.21. The third-order valence-electron chi connectivity index (χ3n) is 4.21. The summed E-state index contributed by atoms with van der Waals surface area (Å²) in [5.74, 6) is 0.497. The van der Waals surface area contributed by atoms with Crippen molar-refractivity contribution in [2.24, 2.45) is 4.99 Å². The second kappa shape index (κ2) is 10.6. The summed E-state index contributed by atoms with van der Waals surface area (Å²) in [5, 5.41) is 3.30. The van der Waals surface area contributed by atoms with Crippen LogP contribution in [0.3, 0.4) is 0 Å². The van der Waals surface area contributed by atoms with Crippen LogP contribution in [-0.4, -0.2) is 62.7 Å². The topological polar surface area (TPSA) is 57.2 Å². The summed E-state index contributed by atoms with van der Waals surface area (Å²) in [5.41, 5.74) is 0.656. The van der Waals surface area contributed by atoms with Gasteiger partial charge in [-0.3, -0.25) is 9.79 Å². The first-order valence-electron chi connectivity index (χ1n) is 9.34. The zero-order valence-corrected chi connectivity index (χ0v) is 15.7. The molecule has 7 heteroatoms. The normalized spacial score (nSPS) is 15.1. The van der Waals surface area contributed by atoms with Crippen LogP contribution in [0.25, 0.3) is 0 Å². The zero-order chi connectivity index (χ0) is 18.8. The molecule has 0 bridgehead atoms. The number of para-hydroxylation sites is 1. The molecule has 6 nitrogen and oxygen atoms in total. The van der Waals surface area contributed by atoms with E-state index in [1.807, 2.05) is 19.1 Å². The van der Waals surface area contributed by atoms with Crippen molar-refractivity contribution in [3.8, 4) is 0 Å². The zero-order valence-electron chi connectivity index (χ0n) is 15.7. The van der Waals surface area contributed by atoms with Gasteiger partial charge in [0.2, 0.25) is 0 Å². The van der Waals surface area contributed by atoms with Crippen LogP contribution in [-0.2, 0) is 9.53 Å². The van der Waals surface area contributed by atoms with Gasteiger partial charge in [-0.15, -0.1) is 0 Å². The fourth-order valence-electron chi connectivity index (χ4n) is 2.93. The molecule has 1 aromatic rings. The van der Waals surface area contributed by atoms with Crippen molar-refractivity contribution >= 4 is 17.6 Å². The number of nitrogens with one attached hydrogen (secondary N) is 1. The molecule has 0 aliphatic carbocycles. The number of carbonyl (C=O) groups excluding carboxylic acids is 1. The van der Waals surface area contributed by atoms with Crippen molar-refractivity contribution < 1.29 is 13.9 Å². The van der Waals surface area contributed by atoms with Crippen LogP contribution in [0, 0.1) is 5.82 Å². The molecular formula is C19H29FN4O2. The first-order chi connectivity index (χ1) is 12.7. The summed E-state index contributed by atoms with van der Waals surface area (Å²) in [6.45, 7) is 8.65. The molecule has 0 spiro atoms. The Balaban J connectivity index is 1.86. The predicted molar refractivity (Wildman–Crippen MR) is 102 cm³/mol. The Bertz CT molecular complexity index is 601. The van der Waals surface area contributed by atoms with E-state index in [2.05, 4.69) is 20.1 Å². The molecule has 1 N–H and O–H groups in total. The maximum Gasteiger partial charge on any atom is 0.305 e. The number of ether oxygens (including phenoxy) is 1. The van der Waals surface area contributed by atoms with Gasteiger partial charge >= 0.3 is 5.97 Å². The molecule has 1 aliphatic rings. The van der Waals surface area contributed by atoms with E-state index in [9.17, 15) is 9.18 Å². The molecule has 0 aromatic heterocycles. The fraction of sp³-hybridized carbons (Fsp3) is 0.579. The van der Waals surface area contributed by atoms with E-state index in [0.29, 0.717) is 31.7 Å². The number of hydrogen-bond acceptors (Lipinski definition) is 4. The van der Waals surface area contributed by atoms with Crippen LogP contribution >= 0.6 is 0 Å². The number of carbonyl (C=O) groups is 1. The van der Waals surface area contributed by atoms with Gasteiger partial charge in [-0.1, -0.05) is 12.1 Å². The largest absolute Gasteiger partial charge is 0.466 e. The molecule has 0 saturated carbocycles. The van der Waals surface area contributed by atoms with Crippen molar-refractivity contribution in [1.82, 2.24) is 10.2 Å². The Hall–Kier alpha value is -2.31. The number of hydrogen-bond donors (Lipinski definition) is 1. The quantitative estimate of drug-likeness (QED) is 0.348. The Kier molecular flexibility index (Phi) is 8.18. The Morgan fingerprint density at radius 3 is 2.62 bits per heavy atom. The Labute approximate surface area is 155 Å². The third-order valence-corrected chi connectivity index (χ3v) is 4.21. The minimum Gasteiger partial charge on any atom is -0.466 e. The maximum atomic E-state index is 13.9. The molecule has 0 amide bonds. The standard InChI is InChI=1S/C19H29FN4O2/c1-3-21-19(22-11-7-10-18(25)26-4-2)24-14-12-23(13-15-24)17-9-6-5-8-16(17)20/h5-6,8-9H,3-4,7,10-15H2,1-2H3,(H,21,22). The van der Waals surface area contributed by atoms with Crippen LogP contribution in [0.5, 0.6) is 0 Å². The van der Waals surface area contributed by atoms with Crippen molar-refractivity contribution in [3.63, 3.8) is 0 Å². The summed E-state index contributed by atoms with van der Waals surface area (Å²) in [6, 6.07) is 6.89. The summed E-state index contributed by atoms with van der Waals surface area (Å²) in [6.07, 6.45) is 1.06. The number of benzene rings is 1. The molecule has 1 heterocycles. The molecule has 26 heavy (non-hydrogen) atoms. The summed E-state index contributed by atoms with van der Waals surface area (Å²) in [4.78, 5) is 20.2. The lowest BCUT2D eigenvalue weighted by atomic mass is 10.2. The van der Waals surface area contributed by atoms with E-state index in [1.165, 1.54) is 6.07 Å². The van der Waals surface area contributed by atoms with Crippen molar-refractivity contribution in [2.75, 3.05) is 50.8 Å². The number of esters is 1. The van der Waals surface area contributed by atoms with E-state index < -0.39 is 0 Å². The third kappa shape index (κ3) is 5.89. The van der Waals surface area contributed by atoms with Gasteiger partial charge in [-0.25, -0.2) is 4.39 Å². The minimum absolute atomic E-state index is 0.175. The molecular weight excluding hydrogens is 335 g/mol. The van der Waals surface area contributed by atoms with Gasteiger partial charge in [-0.2, -0.15) is 0 Å². The number of nitrogens with zero attached hydrogens (tertiary/aromatic N) is 3. The second-order valence-electron chi connectivity index (χ2n) is 6.07. The lowest BCUT2D eigenvalue weighted by molar-refractivity contribution is -0.143. The van der Waals surface area contributed by atoms with Crippen LogP contribution in [0.15, 0.2) is 29.3 Å². The van der Waals surface area contributed by atoms with E-state index in [-0.39, 0.29) is 11.8 Å². The average Bonchev–Trinajstić information content (AvgIpc) is 2.65. The van der Waals surface area contributed by atoms with Crippen LogP contribution < -0.4 is 10.2 Å². The van der Waals surface area contributed by atoms with E-state index >= 15 is 0 Å². The number of aliphatic imine (C=N–C) groups is 1. The summed E-state index contributed by atoms with van der Waals surface area (Å²) < 4.78 is 18.9. The van der Waals surface area contributed by atoms with Gasteiger partial charge in [-0.05, 0) is 32.4 Å². The number of rotatable bonds is 7. The van der Waals surface area contributed by atoms with Gasteiger partial charge in [0.25, 0.3) is 0 Å². The molecule has 1 aliphatic heterocycles. The molecule has 1 aromatic carbocycles. The van der Waals surface area contributed by atoms with Gasteiger partial charge < -0.3 is 19.9 Å².